The average Bonchev–Trinajstić information content (AvgIpc) is 4.11. The van der Waals surface area contributed by atoms with Crippen LogP contribution in [0.15, 0.2) is 213 Å². The maximum absolute atomic E-state index is 12.4. The van der Waals surface area contributed by atoms with Crippen molar-refractivity contribution in [2.45, 2.75) is 61.9 Å². The van der Waals surface area contributed by atoms with Gasteiger partial charge in [-0.25, -0.2) is 4.98 Å². The number of aromatic nitrogens is 2. The minimum atomic E-state index is -0.569. The fourth-order valence-corrected chi connectivity index (χ4v) is 8.29. The molecular formula is C70H70N2O10. The summed E-state index contributed by atoms with van der Waals surface area (Å²) in [6, 6.07) is 59.2. The molecule has 0 unspecified atom stereocenters. The molecule has 1 aromatic heterocycles. The summed E-state index contributed by atoms with van der Waals surface area (Å²) >= 11 is 0. The Bertz CT molecular complexity index is 3510. The van der Waals surface area contributed by atoms with Crippen molar-refractivity contribution < 1.29 is 49.0 Å². The number of benzene rings is 8. The lowest BCUT2D eigenvalue weighted by Crippen LogP contribution is -2.25. The number of nitrogens with zero attached hydrogens (tertiary/aromatic N) is 2. The van der Waals surface area contributed by atoms with E-state index in [1.54, 1.807) is 75.1 Å². The molecule has 9 rings (SSSR count). The minimum absolute atomic E-state index is 0.0316. The van der Waals surface area contributed by atoms with Crippen LogP contribution in [0.1, 0.15) is 107 Å². The van der Waals surface area contributed by atoms with Gasteiger partial charge in [0, 0.05) is 37.2 Å². The number of carbonyl (C=O) groups excluding carboxylic acids is 3. The Labute approximate surface area is 480 Å². The van der Waals surface area contributed by atoms with Crippen LogP contribution in [0.25, 0.3) is 22.3 Å². The lowest BCUT2D eigenvalue weighted by molar-refractivity contribution is -0.143. The van der Waals surface area contributed by atoms with Gasteiger partial charge in [-0.15, -0.1) is 0 Å². The summed E-state index contributed by atoms with van der Waals surface area (Å²) in [5.41, 5.74) is 13.0. The Hall–Kier alpha value is -9.78. The number of ether oxygens (including phenoxy) is 3. The Morgan fingerprint density at radius 1 is 0.488 bits per heavy atom. The van der Waals surface area contributed by atoms with E-state index in [0.717, 1.165) is 72.5 Å². The maximum atomic E-state index is 12.4. The highest BCUT2D eigenvalue weighted by Gasteiger charge is 2.24. The van der Waals surface area contributed by atoms with Crippen LogP contribution in [-0.4, -0.2) is 61.4 Å². The van der Waals surface area contributed by atoms with Crippen LogP contribution in [0.3, 0.4) is 0 Å². The zero-order chi connectivity index (χ0) is 59.3. The first-order valence-corrected chi connectivity index (χ1v) is 26.5. The van der Waals surface area contributed by atoms with Gasteiger partial charge in [-0.2, -0.15) is 0 Å². The smallest absolute Gasteiger partial charge is 0.316 e. The van der Waals surface area contributed by atoms with Crippen LogP contribution >= 0.6 is 0 Å². The second-order valence-electron chi connectivity index (χ2n) is 20.4. The number of aryl methyl sites for hydroxylation is 2. The summed E-state index contributed by atoms with van der Waals surface area (Å²) in [4.78, 5) is 38.0. The third-order valence-corrected chi connectivity index (χ3v) is 12.7. The van der Waals surface area contributed by atoms with Gasteiger partial charge in [-0.3, -0.25) is 14.4 Å². The van der Waals surface area contributed by atoms with Crippen LogP contribution in [0.2, 0.25) is 0 Å². The Morgan fingerprint density at radius 2 is 0.963 bits per heavy atom. The molecule has 0 amide bonds. The summed E-state index contributed by atoms with van der Waals surface area (Å²) in [6.07, 6.45) is 5.35. The summed E-state index contributed by atoms with van der Waals surface area (Å²) in [5, 5.41) is 38.5. The van der Waals surface area contributed by atoms with Crippen molar-refractivity contribution in [3.8, 4) is 34.5 Å². The first-order valence-electron chi connectivity index (χ1n) is 26.5. The standard InChI is InChI=1S/C29H32O4.C24H20N2O3.C9H10O.C8H8O2/c1-20-10-12-22(13-11-20)27(23-14-16-25(17-15-23)32-19-31-6)21(2)24-8-7-9-26(18-24)33-28(30)29(3,4)5;27-20-8-4-17(5-9-20)24(18-6-10-21(28)11-7-18)23(15-26-13-12-25-16-26)19-2-1-3-22(29)14-19;1-7-4-3-5-9(6-7)8(2)10;1-6(9)7-3-2-4-8(10)5-7/h7-18H,19H2,1-6H3;1-14,16,27-29H,15H2;3-6H,1-2H3;2-5,10H,1H3/b27-21+;;;. The summed E-state index contributed by atoms with van der Waals surface area (Å²) in [6.45, 7) is 15.5. The van der Waals surface area contributed by atoms with Crippen molar-refractivity contribution in [2.24, 2.45) is 5.41 Å². The number of methoxy groups -OCH3 is 1. The van der Waals surface area contributed by atoms with Crippen molar-refractivity contribution in [3.05, 3.63) is 268 Å². The number of aromatic hydroxyl groups is 4. The van der Waals surface area contributed by atoms with E-state index in [-0.39, 0.29) is 47.3 Å². The summed E-state index contributed by atoms with van der Waals surface area (Å²) in [7, 11) is 1.60. The zero-order valence-electron chi connectivity index (χ0n) is 47.8. The summed E-state index contributed by atoms with van der Waals surface area (Å²) in [5.74, 6) is 1.82. The fourth-order valence-electron chi connectivity index (χ4n) is 8.29. The Kier molecular flexibility index (Phi) is 22.1. The molecule has 0 bridgehead atoms. The number of esters is 1. The molecule has 0 saturated carbocycles. The second-order valence-corrected chi connectivity index (χ2v) is 20.4. The molecule has 0 spiro atoms. The number of rotatable bonds is 14. The van der Waals surface area contributed by atoms with Gasteiger partial charge in [-0.05, 0) is 190 Å². The van der Waals surface area contributed by atoms with Gasteiger partial charge in [0.2, 0.25) is 0 Å². The van der Waals surface area contributed by atoms with Crippen molar-refractivity contribution in [3.63, 3.8) is 0 Å². The third-order valence-electron chi connectivity index (χ3n) is 12.7. The number of carbonyl (C=O) groups is 3. The van der Waals surface area contributed by atoms with Gasteiger partial charge in [0.25, 0.3) is 0 Å². The molecule has 4 N–H and O–H groups in total. The van der Waals surface area contributed by atoms with Crippen molar-refractivity contribution in [1.82, 2.24) is 9.55 Å². The number of allylic oxidation sites excluding steroid dienone is 2. The van der Waals surface area contributed by atoms with Crippen LogP contribution in [-0.2, 0) is 16.1 Å². The Balaban J connectivity index is 0.000000198. The van der Waals surface area contributed by atoms with E-state index >= 15 is 0 Å². The maximum Gasteiger partial charge on any atom is 0.316 e. The Morgan fingerprint density at radius 3 is 1.44 bits per heavy atom. The zero-order valence-corrected chi connectivity index (χ0v) is 47.8. The van der Waals surface area contributed by atoms with E-state index in [9.17, 15) is 29.7 Å². The van der Waals surface area contributed by atoms with E-state index in [4.69, 9.17) is 19.3 Å². The number of Topliss-reactive ketones (excluding diaryl/α,β-unsaturated/α-hetero) is 2. The largest absolute Gasteiger partial charge is 0.508 e. The first kappa shape index (κ1) is 61.4. The number of imidazole rings is 1. The van der Waals surface area contributed by atoms with Gasteiger partial charge >= 0.3 is 5.97 Å². The van der Waals surface area contributed by atoms with E-state index in [2.05, 4.69) is 43.1 Å². The van der Waals surface area contributed by atoms with Gasteiger partial charge in [-0.1, -0.05) is 126 Å². The topological polar surface area (TPSA) is 178 Å². The molecule has 12 heteroatoms. The lowest BCUT2D eigenvalue weighted by atomic mass is 9.89. The monoisotopic (exact) mass is 1100 g/mol. The molecule has 0 saturated heterocycles. The molecule has 12 nitrogen and oxygen atoms in total. The molecule has 8 aromatic carbocycles. The first-order chi connectivity index (χ1) is 39.2. The van der Waals surface area contributed by atoms with Gasteiger partial charge in [0.05, 0.1) is 11.7 Å². The molecular weight excluding hydrogens is 1030 g/mol. The number of phenolic OH excluding ortho intramolecular Hbond substituents is 4. The molecule has 9 aromatic rings. The molecule has 0 atom stereocenters. The van der Waals surface area contributed by atoms with E-state index < -0.39 is 5.41 Å². The number of ketones is 2. The van der Waals surface area contributed by atoms with Crippen LogP contribution in [0, 0.1) is 19.3 Å². The molecule has 82 heavy (non-hydrogen) atoms. The molecule has 0 aliphatic heterocycles. The van der Waals surface area contributed by atoms with E-state index in [1.165, 1.54) is 24.6 Å². The van der Waals surface area contributed by atoms with Crippen molar-refractivity contribution in [1.29, 1.82) is 0 Å². The van der Waals surface area contributed by atoms with Crippen LogP contribution in [0.4, 0.5) is 0 Å². The highest BCUT2D eigenvalue weighted by Crippen LogP contribution is 2.37. The van der Waals surface area contributed by atoms with Crippen LogP contribution in [0.5, 0.6) is 34.5 Å². The minimum Gasteiger partial charge on any atom is -0.508 e. The summed E-state index contributed by atoms with van der Waals surface area (Å²) < 4.78 is 18.1. The molecule has 0 fully saturated rings. The molecule has 1 heterocycles. The highest BCUT2D eigenvalue weighted by atomic mass is 16.7. The van der Waals surface area contributed by atoms with Crippen molar-refractivity contribution >= 4 is 39.8 Å². The fraction of sp³-hybridized carbons (Fsp3) is 0.171. The quantitative estimate of drug-likeness (QED) is 0.0268. The number of phenols is 4. The number of hydrogen-bond acceptors (Lipinski definition) is 11. The molecule has 0 aliphatic rings. The SMILES string of the molecule is CC(=O)c1cccc(C)c1.CC(=O)c1cccc(O)c1.COCOc1ccc(/C(=C(\C)c2cccc(OC(=O)C(C)(C)C)c2)c2ccc(C)cc2)cc1.Oc1ccc(C(=C(Cn2ccnc2)c2cccc(O)c2)c2ccc(O)cc2)cc1. The molecule has 420 valence electrons. The predicted octanol–water partition coefficient (Wildman–Crippen LogP) is 15.4. The average molecular weight is 1100 g/mol. The van der Waals surface area contributed by atoms with Gasteiger partial charge in [0.1, 0.15) is 34.5 Å². The normalized spacial score (nSPS) is 10.9. The second kappa shape index (κ2) is 29.4. The van der Waals surface area contributed by atoms with Crippen LogP contribution < -0.4 is 9.47 Å². The third kappa shape index (κ3) is 18.4. The van der Waals surface area contributed by atoms with E-state index in [1.807, 2.05) is 148 Å². The predicted molar refractivity (Wildman–Crippen MR) is 325 cm³/mol. The van der Waals surface area contributed by atoms with E-state index in [0.29, 0.717) is 17.9 Å². The number of hydrogen-bond donors (Lipinski definition) is 4. The van der Waals surface area contributed by atoms with Gasteiger partial charge < -0.3 is 39.2 Å². The van der Waals surface area contributed by atoms with Crippen molar-refractivity contribution in [2.75, 3.05) is 13.9 Å². The highest BCUT2D eigenvalue weighted by molar-refractivity contribution is 6.00. The molecule has 0 aliphatic carbocycles. The van der Waals surface area contributed by atoms with Gasteiger partial charge in [0.15, 0.2) is 18.4 Å². The lowest BCUT2D eigenvalue weighted by Gasteiger charge is -2.18. The molecule has 0 radical (unpaired) electrons.